The average molecular weight is 245 g/mol. The molecule has 2 atom stereocenters. The minimum absolute atomic E-state index is 0.423. The van der Waals surface area contributed by atoms with E-state index in [0.717, 1.165) is 11.9 Å². The van der Waals surface area contributed by atoms with Crippen molar-refractivity contribution in [1.29, 1.82) is 0 Å². The van der Waals surface area contributed by atoms with Gasteiger partial charge in [-0.15, -0.1) is 0 Å². The maximum atomic E-state index is 10.5. The molecular formula is C13H15N3O2. The molecule has 1 heterocycles. The van der Waals surface area contributed by atoms with Gasteiger partial charge in [-0.3, -0.25) is 4.68 Å². The predicted molar refractivity (Wildman–Crippen MR) is 67.6 cm³/mol. The van der Waals surface area contributed by atoms with Gasteiger partial charge in [-0.2, -0.15) is 5.10 Å². The van der Waals surface area contributed by atoms with E-state index < -0.39 is 6.09 Å². The maximum absolute atomic E-state index is 10.5. The molecule has 1 aliphatic carbocycles. The van der Waals surface area contributed by atoms with Crippen molar-refractivity contribution in [3.63, 3.8) is 0 Å². The molecule has 1 saturated carbocycles. The van der Waals surface area contributed by atoms with Crippen molar-refractivity contribution in [2.45, 2.75) is 12.3 Å². The summed E-state index contributed by atoms with van der Waals surface area (Å²) in [6.45, 7) is 0.538. The van der Waals surface area contributed by atoms with Gasteiger partial charge in [0.05, 0.1) is 5.52 Å². The van der Waals surface area contributed by atoms with Crippen LogP contribution in [0, 0.1) is 5.92 Å². The summed E-state index contributed by atoms with van der Waals surface area (Å²) < 4.78 is 1.82. The molecule has 0 aliphatic heterocycles. The first-order chi connectivity index (χ1) is 8.65. The van der Waals surface area contributed by atoms with E-state index >= 15 is 0 Å². The Hall–Kier alpha value is -2.04. The Labute approximate surface area is 104 Å². The molecule has 0 bridgehead atoms. The summed E-state index contributed by atoms with van der Waals surface area (Å²) in [4.78, 5) is 10.5. The number of rotatable bonds is 3. The van der Waals surface area contributed by atoms with Crippen molar-refractivity contribution in [1.82, 2.24) is 15.1 Å². The summed E-state index contributed by atoms with van der Waals surface area (Å²) >= 11 is 0. The third-order valence-corrected chi connectivity index (χ3v) is 3.54. The van der Waals surface area contributed by atoms with E-state index in [2.05, 4.69) is 16.5 Å². The monoisotopic (exact) mass is 245 g/mol. The molecule has 0 spiro atoms. The largest absolute Gasteiger partial charge is 0.465 e. The Kier molecular flexibility index (Phi) is 2.47. The second-order valence-corrected chi connectivity index (χ2v) is 4.87. The number of carbonyl (C=O) groups is 1. The van der Waals surface area contributed by atoms with Crippen LogP contribution in [0.3, 0.4) is 0 Å². The number of aromatic nitrogens is 2. The highest BCUT2D eigenvalue weighted by molar-refractivity contribution is 5.82. The highest BCUT2D eigenvalue weighted by Crippen LogP contribution is 2.48. The zero-order valence-corrected chi connectivity index (χ0v) is 10.1. The first-order valence-corrected chi connectivity index (χ1v) is 6.04. The Morgan fingerprint density at radius 2 is 2.44 bits per heavy atom. The highest BCUT2D eigenvalue weighted by Gasteiger charge is 2.39. The molecule has 5 heteroatoms. The number of nitrogens with one attached hydrogen (secondary N) is 1. The van der Waals surface area contributed by atoms with Crippen LogP contribution in [-0.2, 0) is 7.05 Å². The lowest BCUT2D eigenvalue weighted by Crippen LogP contribution is -2.23. The second kappa shape index (κ2) is 4.01. The Balaban J connectivity index is 1.81. The van der Waals surface area contributed by atoms with Gasteiger partial charge in [-0.1, -0.05) is 12.1 Å². The van der Waals surface area contributed by atoms with Gasteiger partial charge in [0.25, 0.3) is 0 Å². The van der Waals surface area contributed by atoms with Crippen molar-refractivity contribution < 1.29 is 9.90 Å². The lowest BCUT2D eigenvalue weighted by molar-refractivity contribution is 0.194. The van der Waals surface area contributed by atoms with E-state index in [0.29, 0.717) is 18.4 Å². The molecule has 0 saturated heterocycles. The Morgan fingerprint density at radius 3 is 3.22 bits per heavy atom. The highest BCUT2D eigenvalue weighted by atomic mass is 16.4. The number of hydrogen-bond donors (Lipinski definition) is 2. The minimum Gasteiger partial charge on any atom is -0.465 e. The van der Waals surface area contributed by atoms with Crippen LogP contribution in [-0.4, -0.2) is 27.5 Å². The molecule has 94 valence electrons. The van der Waals surface area contributed by atoms with Crippen LogP contribution in [0.25, 0.3) is 10.9 Å². The number of carboxylic acid groups (broad SMARTS) is 1. The normalized spacial score (nSPS) is 22.1. The molecule has 3 rings (SSSR count). The van der Waals surface area contributed by atoms with Crippen LogP contribution in [0.2, 0.25) is 0 Å². The first-order valence-electron chi connectivity index (χ1n) is 6.04. The topological polar surface area (TPSA) is 67.2 Å². The first kappa shape index (κ1) is 11.1. The summed E-state index contributed by atoms with van der Waals surface area (Å²) in [6, 6.07) is 6.14. The molecule has 1 aromatic carbocycles. The van der Waals surface area contributed by atoms with Crippen LogP contribution in [0.1, 0.15) is 17.9 Å². The molecule has 2 aromatic rings. The molecule has 1 fully saturated rings. The fraction of sp³-hybridized carbons (Fsp3) is 0.385. The molecule has 0 radical (unpaired) electrons. The third-order valence-electron chi connectivity index (χ3n) is 3.54. The van der Waals surface area contributed by atoms with Gasteiger partial charge in [0, 0.05) is 25.2 Å². The maximum Gasteiger partial charge on any atom is 0.404 e. The molecule has 2 N–H and O–H groups in total. The molecule has 1 aromatic heterocycles. The molecular weight excluding hydrogens is 230 g/mol. The lowest BCUT2D eigenvalue weighted by Gasteiger charge is -2.02. The van der Waals surface area contributed by atoms with E-state index in [9.17, 15) is 4.79 Å². The van der Waals surface area contributed by atoms with Crippen molar-refractivity contribution in [3.8, 4) is 0 Å². The number of hydrogen-bond acceptors (Lipinski definition) is 2. The Bertz CT molecular complexity index is 605. The predicted octanol–water partition coefficient (Wildman–Crippen LogP) is 1.94. The summed E-state index contributed by atoms with van der Waals surface area (Å²) in [5.41, 5.74) is 2.30. The summed E-state index contributed by atoms with van der Waals surface area (Å²) in [5, 5.41) is 16.6. The molecule has 0 unspecified atom stereocenters. The van der Waals surface area contributed by atoms with E-state index in [1.165, 1.54) is 10.9 Å². The smallest absolute Gasteiger partial charge is 0.404 e. The summed E-state index contributed by atoms with van der Waals surface area (Å²) in [5.74, 6) is 0.886. The quantitative estimate of drug-likeness (QED) is 0.868. The van der Waals surface area contributed by atoms with Crippen LogP contribution in [0.5, 0.6) is 0 Å². The van der Waals surface area contributed by atoms with Gasteiger partial charge < -0.3 is 10.4 Å². The SMILES string of the molecule is Cn1cc2c([C@H]3C[C@@H]3CNC(=O)O)cccc2n1. The van der Waals surface area contributed by atoms with Gasteiger partial charge in [0.2, 0.25) is 0 Å². The van der Waals surface area contributed by atoms with Crippen LogP contribution in [0.15, 0.2) is 24.4 Å². The zero-order chi connectivity index (χ0) is 12.7. The van der Waals surface area contributed by atoms with E-state index in [4.69, 9.17) is 5.11 Å². The number of nitrogens with zero attached hydrogens (tertiary/aromatic N) is 2. The fourth-order valence-corrected chi connectivity index (χ4v) is 2.58. The number of amides is 1. The van der Waals surface area contributed by atoms with Crippen LogP contribution < -0.4 is 5.32 Å². The molecule has 5 nitrogen and oxygen atoms in total. The van der Waals surface area contributed by atoms with Gasteiger partial charge in [0.1, 0.15) is 0 Å². The van der Waals surface area contributed by atoms with E-state index in [-0.39, 0.29) is 0 Å². The molecule has 1 aliphatic rings. The van der Waals surface area contributed by atoms with Gasteiger partial charge in [-0.05, 0) is 29.9 Å². The molecule has 1 amide bonds. The van der Waals surface area contributed by atoms with Crippen LogP contribution >= 0.6 is 0 Å². The van der Waals surface area contributed by atoms with Crippen molar-refractivity contribution in [2.75, 3.05) is 6.54 Å². The van der Waals surface area contributed by atoms with Crippen molar-refractivity contribution >= 4 is 17.0 Å². The summed E-state index contributed by atoms with van der Waals surface area (Å²) in [6.07, 6.45) is 2.14. The van der Waals surface area contributed by atoms with Crippen LogP contribution in [0.4, 0.5) is 4.79 Å². The number of fused-ring (bicyclic) bond motifs is 1. The minimum atomic E-state index is -0.944. The number of aryl methyl sites for hydroxylation is 1. The zero-order valence-electron chi connectivity index (χ0n) is 10.1. The summed E-state index contributed by atoms with van der Waals surface area (Å²) in [7, 11) is 1.92. The van der Waals surface area contributed by atoms with Crippen molar-refractivity contribution in [3.05, 3.63) is 30.0 Å². The average Bonchev–Trinajstić information content (AvgIpc) is 2.98. The van der Waals surface area contributed by atoms with Gasteiger partial charge >= 0.3 is 6.09 Å². The Morgan fingerprint density at radius 1 is 1.61 bits per heavy atom. The number of benzene rings is 1. The van der Waals surface area contributed by atoms with E-state index in [1.807, 2.05) is 30.1 Å². The van der Waals surface area contributed by atoms with Gasteiger partial charge in [0.15, 0.2) is 0 Å². The third kappa shape index (κ3) is 1.92. The standard InChI is InChI=1S/C13H15N3O2/c1-16-7-11-9(3-2-4-12(11)15-16)10-5-8(10)6-14-13(17)18/h2-4,7-8,10,14H,5-6H2,1H3,(H,17,18)/t8-,10+/m1/s1. The van der Waals surface area contributed by atoms with E-state index in [1.54, 1.807) is 0 Å². The van der Waals surface area contributed by atoms with Gasteiger partial charge in [-0.25, -0.2) is 4.79 Å². The lowest BCUT2D eigenvalue weighted by atomic mass is 10.0. The fourth-order valence-electron chi connectivity index (χ4n) is 2.58. The second-order valence-electron chi connectivity index (χ2n) is 4.87. The molecule has 18 heavy (non-hydrogen) atoms. The van der Waals surface area contributed by atoms with Crippen molar-refractivity contribution in [2.24, 2.45) is 13.0 Å².